The molecule has 6 nitrogen and oxygen atoms in total. The Labute approximate surface area is 119 Å². The summed E-state index contributed by atoms with van der Waals surface area (Å²) in [7, 11) is 0. The second-order valence-electron chi connectivity index (χ2n) is 4.07. The van der Waals surface area contributed by atoms with E-state index in [-0.39, 0.29) is 0 Å². The third-order valence-corrected chi connectivity index (χ3v) is 3.27. The number of ether oxygens (including phenoxy) is 1. The molecule has 1 N–H and O–H groups in total. The van der Waals surface area contributed by atoms with Gasteiger partial charge in [0.2, 0.25) is 0 Å². The number of carbonyl (C=O) groups is 2. The molecule has 1 atom stereocenters. The minimum atomic E-state index is -0.910. The van der Waals surface area contributed by atoms with Crippen LogP contribution >= 0.6 is 11.3 Å². The average molecular weight is 291 g/mol. The van der Waals surface area contributed by atoms with Crippen LogP contribution in [0.1, 0.15) is 23.0 Å². The zero-order valence-corrected chi connectivity index (χ0v) is 11.8. The maximum atomic E-state index is 11.9. The van der Waals surface area contributed by atoms with E-state index >= 15 is 0 Å². The molecule has 2 heterocycles. The molecule has 0 radical (unpaired) electrons. The topological polar surface area (TPSA) is 81.2 Å². The molecule has 0 bridgehead atoms. The molecule has 0 saturated carbocycles. The highest BCUT2D eigenvalue weighted by Gasteiger charge is 2.19. The van der Waals surface area contributed by atoms with Crippen LogP contribution in [0.5, 0.6) is 0 Å². The molecule has 1 amide bonds. The lowest BCUT2D eigenvalue weighted by molar-refractivity contribution is -0.123. The molecule has 2 aromatic heterocycles. The van der Waals surface area contributed by atoms with Crippen LogP contribution < -0.4 is 5.32 Å². The molecular weight excluding hydrogens is 278 g/mol. The third kappa shape index (κ3) is 3.61. The number of nitrogens with one attached hydrogen (secondary N) is 1. The fourth-order valence-corrected chi connectivity index (χ4v) is 2.08. The van der Waals surface area contributed by atoms with Crippen LogP contribution in [0, 0.1) is 6.92 Å². The van der Waals surface area contributed by atoms with Gasteiger partial charge in [0.1, 0.15) is 0 Å². The van der Waals surface area contributed by atoms with Gasteiger partial charge in [-0.25, -0.2) is 9.78 Å². The zero-order chi connectivity index (χ0) is 14.5. The van der Waals surface area contributed by atoms with Gasteiger partial charge in [0, 0.05) is 17.8 Å². The van der Waals surface area contributed by atoms with Gasteiger partial charge < -0.3 is 4.74 Å². The summed E-state index contributed by atoms with van der Waals surface area (Å²) in [6.45, 7) is 3.34. The molecule has 0 aliphatic carbocycles. The van der Waals surface area contributed by atoms with Gasteiger partial charge >= 0.3 is 5.97 Å². The van der Waals surface area contributed by atoms with Gasteiger partial charge in [-0.3, -0.25) is 15.1 Å². The van der Waals surface area contributed by atoms with E-state index in [1.54, 1.807) is 18.3 Å². The molecule has 2 aromatic rings. The molecule has 7 heteroatoms. The quantitative estimate of drug-likeness (QED) is 0.872. The van der Waals surface area contributed by atoms with E-state index in [0.717, 1.165) is 5.69 Å². The lowest BCUT2D eigenvalue weighted by Gasteiger charge is -2.12. The highest BCUT2D eigenvalue weighted by Crippen LogP contribution is 2.15. The van der Waals surface area contributed by atoms with Gasteiger partial charge in [0.15, 0.2) is 11.2 Å². The third-order valence-electron chi connectivity index (χ3n) is 2.40. The summed E-state index contributed by atoms with van der Waals surface area (Å²) in [4.78, 5) is 31.5. The Bertz CT molecular complexity index is 612. The van der Waals surface area contributed by atoms with Crippen molar-refractivity contribution in [2.75, 3.05) is 5.32 Å². The Morgan fingerprint density at radius 2 is 2.25 bits per heavy atom. The van der Waals surface area contributed by atoms with Crippen molar-refractivity contribution in [1.29, 1.82) is 0 Å². The van der Waals surface area contributed by atoms with Crippen LogP contribution in [0.4, 0.5) is 5.13 Å². The highest BCUT2D eigenvalue weighted by atomic mass is 32.1. The number of amides is 1. The first-order chi connectivity index (χ1) is 9.56. The fraction of sp³-hybridized carbons (Fsp3) is 0.231. The van der Waals surface area contributed by atoms with Crippen LogP contribution in [-0.4, -0.2) is 27.9 Å². The second kappa shape index (κ2) is 6.25. The van der Waals surface area contributed by atoms with Gasteiger partial charge in [-0.15, -0.1) is 11.3 Å². The molecule has 1 unspecified atom stereocenters. The van der Waals surface area contributed by atoms with Gasteiger partial charge in [-0.2, -0.15) is 0 Å². The van der Waals surface area contributed by atoms with Gasteiger partial charge in [-0.05, 0) is 26.0 Å². The number of aromatic nitrogens is 2. The van der Waals surface area contributed by atoms with Gasteiger partial charge in [0.25, 0.3) is 5.91 Å². The molecule has 2 rings (SSSR count). The predicted octanol–water partition coefficient (Wildman–Crippen LogP) is 2.03. The summed E-state index contributed by atoms with van der Waals surface area (Å²) in [5, 5.41) is 4.90. The molecule has 0 aromatic carbocycles. The van der Waals surface area contributed by atoms with Crippen LogP contribution in [0.2, 0.25) is 0 Å². The number of rotatable bonds is 4. The highest BCUT2D eigenvalue weighted by molar-refractivity contribution is 7.13. The number of hydrogen-bond acceptors (Lipinski definition) is 6. The van der Waals surface area contributed by atoms with Crippen LogP contribution in [-0.2, 0) is 9.53 Å². The van der Waals surface area contributed by atoms with Gasteiger partial charge in [0.05, 0.1) is 11.3 Å². The normalized spacial score (nSPS) is 11.7. The summed E-state index contributed by atoms with van der Waals surface area (Å²) in [6, 6.07) is 3.20. The molecule has 20 heavy (non-hydrogen) atoms. The van der Waals surface area contributed by atoms with Crippen LogP contribution in [0.25, 0.3) is 0 Å². The largest absolute Gasteiger partial charge is 0.449 e. The number of carbonyl (C=O) groups excluding carboxylic acids is 2. The van der Waals surface area contributed by atoms with E-state index in [1.807, 2.05) is 12.3 Å². The number of hydrogen-bond donors (Lipinski definition) is 1. The van der Waals surface area contributed by atoms with Gasteiger partial charge in [-0.1, -0.05) is 0 Å². The SMILES string of the molecule is Cc1csc(NC(=O)C(C)OC(=O)c2cccnc2)n1. The Kier molecular flexibility index (Phi) is 4.41. The number of thiazole rings is 1. The van der Waals surface area contributed by atoms with Crippen molar-refractivity contribution >= 4 is 28.3 Å². The van der Waals surface area contributed by atoms with Crippen LogP contribution in [0.15, 0.2) is 29.9 Å². The zero-order valence-electron chi connectivity index (χ0n) is 11.0. The minimum Gasteiger partial charge on any atom is -0.449 e. The van der Waals surface area contributed by atoms with E-state index < -0.39 is 18.0 Å². The number of anilines is 1. The second-order valence-corrected chi connectivity index (χ2v) is 4.93. The van der Waals surface area contributed by atoms with E-state index in [2.05, 4.69) is 15.3 Å². The molecule has 0 saturated heterocycles. The van der Waals surface area contributed by atoms with Crippen molar-refractivity contribution in [2.24, 2.45) is 0 Å². The maximum Gasteiger partial charge on any atom is 0.340 e. The monoisotopic (exact) mass is 291 g/mol. The number of pyridine rings is 1. The Morgan fingerprint density at radius 3 is 2.85 bits per heavy atom. The molecule has 0 aliphatic heterocycles. The number of nitrogens with zero attached hydrogens (tertiary/aromatic N) is 2. The van der Waals surface area contributed by atoms with Crippen molar-refractivity contribution in [1.82, 2.24) is 9.97 Å². The van der Waals surface area contributed by atoms with E-state index in [0.29, 0.717) is 10.7 Å². The lowest BCUT2D eigenvalue weighted by atomic mass is 10.3. The Balaban J connectivity index is 1.92. The van der Waals surface area contributed by atoms with E-state index in [4.69, 9.17) is 4.74 Å². The summed E-state index contributed by atoms with van der Waals surface area (Å²) in [6.07, 6.45) is 2.03. The summed E-state index contributed by atoms with van der Waals surface area (Å²) >= 11 is 1.32. The molecule has 0 aliphatic rings. The van der Waals surface area contributed by atoms with E-state index in [1.165, 1.54) is 24.5 Å². The summed E-state index contributed by atoms with van der Waals surface area (Å²) in [5.74, 6) is -1.01. The molecule has 0 spiro atoms. The van der Waals surface area contributed by atoms with Crippen molar-refractivity contribution < 1.29 is 14.3 Å². The Morgan fingerprint density at radius 1 is 1.45 bits per heavy atom. The first-order valence-electron chi connectivity index (χ1n) is 5.90. The summed E-state index contributed by atoms with van der Waals surface area (Å²) in [5.41, 5.74) is 1.13. The standard InChI is InChI=1S/C13H13N3O3S/c1-8-7-20-13(15-8)16-11(17)9(2)19-12(18)10-4-3-5-14-6-10/h3-7,9H,1-2H3,(H,15,16,17). The number of esters is 1. The number of aryl methyl sites for hydroxylation is 1. The molecular formula is C13H13N3O3S. The maximum absolute atomic E-state index is 11.9. The fourth-order valence-electron chi connectivity index (χ4n) is 1.38. The molecule has 104 valence electrons. The van der Waals surface area contributed by atoms with Crippen molar-refractivity contribution in [2.45, 2.75) is 20.0 Å². The molecule has 0 fully saturated rings. The smallest absolute Gasteiger partial charge is 0.340 e. The van der Waals surface area contributed by atoms with Crippen molar-refractivity contribution in [3.05, 3.63) is 41.2 Å². The van der Waals surface area contributed by atoms with Crippen molar-refractivity contribution in [3.63, 3.8) is 0 Å². The van der Waals surface area contributed by atoms with Crippen molar-refractivity contribution in [3.8, 4) is 0 Å². The first kappa shape index (κ1) is 14.1. The van der Waals surface area contributed by atoms with Crippen LogP contribution in [0.3, 0.4) is 0 Å². The summed E-state index contributed by atoms with van der Waals surface area (Å²) < 4.78 is 5.06. The minimum absolute atomic E-state index is 0.303. The first-order valence-corrected chi connectivity index (χ1v) is 6.78. The average Bonchev–Trinajstić information content (AvgIpc) is 2.85. The Hall–Kier alpha value is -2.28. The lowest BCUT2D eigenvalue weighted by Crippen LogP contribution is -2.30. The predicted molar refractivity (Wildman–Crippen MR) is 74.6 cm³/mol. The van der Waals surface area contributed by atoms with E-state index in [9.17, 15) is 9.59 Å².